The van der Waals surface area contributed by atoms with Gasteiger partial charge in [0.2, 0.25) is 0 Å². The predicted molar refractivity (Wildman–Crippen MR) is 57.7 cm³/mol. The van der Waals surface area contributed by atoms with Gasteiger partial charge in [0.05, 0.1) is 0 Å². The van der Waals surface area contributed by atoms with E-state index in [1.165, 1.54) is 5.56 Å². The third-order valence-corrected chi connectivity index (χ3v) is 3.62. The van der Waals surface area contributed by atoms with Gasteiger partial charge in [0, 0.05) is 0 Å². The van der Waals surface area contributed by atoms with E-state index >= 15 is 0 Å². The Bertz CT molecular complexity index is 354. The number of aryl methyl sites for hydroxylation is 1. The van der Waals surface area contributed by atoms with Crippen LogP contribution >= 0.6 is 11.8 Å². The first-order valence-electron chi connectivity index (χ1n) is 4.53. The third kappa shape index (κ3) is 1.63. The summed E-state index contributed by atoms with van der Waals surface area (Å²) >= 11 is 1.65. The number of amides is 1. The lowest BCUT2D eigenvalue weighted by Gasteiger charge is -2.23. The number of thioether (sulfide) groups is 1. The van der Waals surface area contributed by atoms with Crippen LogP contribution in [0.15, 0.2) is 24.3 Å². The van der Waals surface area contributed by atoms with Gasteiger partial charge in [0.25, 0.3) is 5.91 Å². The number of hydrogen-bond acceptors (Lipinski definition) is 3. The summed E-state index contributed by atoms with van der Waals surface area (Å²) in [5, 5.41) is -0.134. The van der Waals surface area contributed by atoms with Gasteiger partial charge in [-0.25, -0.2) is 5.84 Å². The van der Waals surface area contributed by atoms with Crippen LogP contribution in [-0.4, -0.2) is 11.7 Å². The normalized spacial score (nSPS) is 19.9. The zero-order chi connectivity index (χ0) is 9.97. The molecule has 0 radical (unpaired) electrons. The van der Waals surface area contributed by atoms with Gasteiger partial charge in [-0.05, 0) is 23.3 Å². The maximum Gasteiger partial charge on any atom is 0.251 e. The van der Waals surface area contributed by atoms with Gasteiger partial charge in [-0.2, -0.15) is 0 Å². The SMILES string of the molecule is NNC(=O)[C@@H]1SCCc2ccccc21. The first kappa shape index (κ1) is 9.55. The number of carbonyl (C=O) groups excluding carboxylic acids is 1. The molecule has 14 heavy (non-hydrogen) atoms. The van der Waals surface area contributed by atoms with Gasteiger partial charge in [0.15, 0.2) is 0 Å². The summed E-state index contributed by atoms with van der Waals surface area (Å²) in [6, 6.07) is 8.04. The maximum atomic E-state index is 11.5. The minimum absolute atomic E-state index is 0.109. The lowest BCUT2D eigenvalue weighted by molar-refractivity contribution is -0.120. The third-order valence-electron chi connectivity index (χ3n) is 2.37. The minimum Gasteiger partial charge on any atom is -0.293 e. The van der Waals surface area contributed by atoms with Gasteiger partial charge in [-0.3, -0.25) is 10.2 Å². The Morgan fingerprint density at radius 3 is 3.07 bits per heavy atom. The van der Waals surface area contributed by atoms with Gasteiger partial charge in [-0.15, -0.1) is 11.8 Å². The fraction of sp³-hybridized carbons (Fsp3) is 0.300. The molecule has 1 amide bonds. The molecule has 0 bridgehead atoms. The first-order valence-corrected chi connectivity index (χ1v) is 5.57. The highest BCUT2D eigenvalue weighted by molar-refractivity contribution is 8.00. The Balaban J connectivity index is 2.35. The Hall–Kier alpha value is -1.00. The largest absolute Gasteiger partial charge is 0.293 e. The fourth-order valence-electron chi connectivity index (χ4n) is 1.69. The van der Waals surface area contributed by atoms with Crippen molar-refractivity contribution in [3.8, 4) is 0 Å². The molecule has 1 aliphatic rings. The van der Waals surface area contributed by atoms with Crippen molar-refractivity contribution in [3.05, 3.63) is 35.4 Å². The summed E-state index contributed by atoms with van der Waals surface area (Å²) < 4.78 is 0. The molecule has 0 spiro atoms. The first-order chi connectivity index (χ1) is 6.83. The molecule has 0 fully saturated rings. The van der Waals surface area contributed by atoms with Crippen LogP contribution < -0.4 is 11.3 Å². The van der Waals surface area contributed by atoms with E-state index < -0.39 is 0 Å². The molecule has 3 nitrogen and oxygen atoms in total. The molecule has 1 heterocycles. The molecule has 3 N–H and O–H groups in total. The Labute approximate surface area is 87.0 Å². The molecule has 0 saturated heterocycles. The number of fused-ring (bicyclic) bond motifs is 1. The molecule has 1 atom stereocenters. The van der Waals surface area contributed by atoms with Crippen LogP contribution in [-0.2, 0) is 11.2 Å². The summed E-state index contributed by atoms with van der Waals surface area (Å²) in [6.45, 7) is 0. The predicted octanol–water partition coefficient (Wildman–Crippen LogP) is 1.01. The molecule has 2 rings (SSSR count). The van der Waals surface area contributed by atoms with E-state index in [-0.39, 0.29) is 11.2 Å². The van der Waals surface area contributed by atoms with Crippen molar-refractivity contribution in [2.24, 2.45) is 5.84 Å². The molecule has 4 heteroatoms. The summed E-state index contributed by atoms with van der Waals surface area (Å²) in [5.41, 5.74) is 4.58. The minimum atomic E-state index is -0.134. The maximum absolute atomic E-state index is 11.5. The van der Waals surface area contributed by atoms with E-state index in [2.05, 4.69) is 11.5 Å². The Morgan fingerprint density at radius 2 is 2.29 bits per heavy atom. The highest BCUT2D eigenvalue weighted by Crippen LogP contribution is 2.36. The van der Waals surface area contributed by atoms with Gasteiger partial charge >= 0.3 is 0 Å². The lowest BCUT2D eigenvalue weighted by atomic mass is 10.0. The molecule has 0 aromatic heterocycles. The van der Waals surface area contributed by atoms with Crippen LogP contribution in [0.4, 0.5) is 0 Å². The topological polar surface area (TPSA) is 55.1 Å². The van der Waals surface area contributed by atoms with Crippen molar-refractivity contribution < 1.29 is 4.79 Å². The summed E-state index contributed by atoms with van der Waals surface area (Å²) in [7, 11) is 0. The standard InChI is InChI=1S/C10H12N2OS/c11-12-10(13)9-8-4-2-1-3-7(8)5-6-14-9/h1-4,9H,5-6,11H2,(H,12,13)/t9-/m1/s1. The lowest BCUT2D eigenvalue weighted by Crippen LogP contribution is -2.35. The van der Waals surface area contributed by atoms with E-state index in [0.29, 0.717) is 0 Å². The highest BCUT2D eigenvalue weighted by Gasteiger charge is 2.25. The van der Waals surface area contributed by atoms with E-state index in [1.807, 2.05) is 18.2 Å². The molecular weight excluding hydrogens is 196 g/mol. The van der Waals surface area contributed by atoms with Crippen LogP contribution in [0.5, 0.6) is 0 Å². The number of hydrazine groups is 1. The van der Waals surface area contributed by atoms with Gasteiger partial charge < -0.3 is 0 Å². The zero-order valence-corrected chi connectivity index (χ0v) is 8.51. The second-order valence-corrected chi connectivity index (χ2v) is 4.42. The monoisotopic (exact) mass is 208 g/mol. The number of rotatable bonds is 1. The molecule has 1 aromatic carbocycles. The van der Waals surface area contributed by atoms with Crippen molar-refractivity contribution in [3.63, 3.8) is 0 Å². The van der Waals surface area contributed by atoms with Crippen LogP contribution in [0.2, 0.25) is 0 Å². The van der Waals surface area contributed by atoms with Crippen LogP contribution in [0, 0.1) is 0 Å². The van der Waals surface area contributed by atoms with Gasteiger partial charge in [-0.1, -0.05) is 24.3 Å². The number of carbonyl (C=O) groups is 1. The van der Waals surface area contributed by atoms with Crippen LogP contribution in [0.25, 0.3) is 0 Å². The van der Waals surface area contributed by atoms with Crippen molar-refractivity contribution in [1.29, 1.82) is 0 Å². The molecule has 1 aromatic rings. The molecule has 0 saturated carbocycles. The van der Waals surface area contributed by atoms with Crippen molar-refractivity contribution in [1.82, 2.24) is 5.43 Å². The quantitative estimate of drug-likeness (QED) is 0.411. The molecule has 0 aliphatic carbocycles. The summed E-state index contributed by atoms with van der Waals surface area (Å²) in [6.07, 6.45) is 1.04. The number of nitrogens with two attached hydrogens (primary N) is 1. The second-order valence-electron chi connectivity index (χ2n) is 3.21. The highest BCUT2D eigenvalue weighted by atomic mass is 32.2. The fourth-order valence-corrected chi connectivity index (χ4v) is 2.89. The van der Waals surface area contributed by atoms with Crippen molar-refractivity contribution in [2.45, 2.75) is 11.7 Å². The molecule has 1 aliphatic heterocycles. The number of nitrogens with one attached hydrogen (secondary N) is 1. The average molecular weight is 208 g/mol. The van der Waals surface area contributed by atoms with E-state index in [1.54, 1.807) is 11.8 Å². The molecule has 0 unspecified atom stereocenters. The molecule has 74 valence electrons. The van der Waals surface area contributed by atoms with Crippen molar-refractivity contribution in [2.75, 3.05) is 5.75 Å². The molecular formula is C10H12N2OS. The smallest absolute Gasteiger partial charge is 0.251 e. The summed E-state index contributed by atoms with van der Waals surface area (Å²) in [4.78, 5) is 11.5. The Kier molecular flexibility index (Phi) is 2.74. The van der Waals surface area contributed by atoms with E-state index in [0.717, 1.165) is 17.7 Å². The summed E-state index contributed by atoms with van der Waals surface area (Å²) in [5.74, 6) is 6.02. The Morgan fingerprint density at radius 1 is 1.50 bits per heavy atom. The van der Waals surface area contributed by atoms with Crippen molar-refractivity contribution >= 4 is 17.7 Å². The van der Waals surface area contributed by atoms with E-state index in [9.17, 15) is 4.79 Å². The number of hydrogen-bond donors (Lipinski definition) is 2. The second kappa shape index (κ2) is 4.02. The number of benzene rings is 1. The van der Waals surface area contributed by atoms with Gasteiger partial charge in [0.1, 0.15) is 5.25 Å². The van der Waals surface area contributed by atoms with Crippen LogP contribution in [0.3, 0.4) is 0 Å². The van der Waals surface area contributed by atoms with Crippen LogP contribution in [0.1, 0.15) is 16.4 Å². The van der Waals surface area contributed by atoms with E-state index in [4.69, 9.17) is 5.84 Å². The average Bonchev–Trinajstić information content (AvgIpc) is 2.27. The zero-order valence-electron chi connectivity index (χ0n) is 7.69.